The SMILES string of the molecule is COc1ccc(CNC(=O)C(C)Sc2nc3sccc3c(=O)n2-c2ccccc2)cc1. The number of thiophene rings is 1. The average Bonchev–Trinajstić information content (AvgIpc) is 3.27. The molecule has 1 atom stereocenters. The van der Waals surface area contributed by atoms with E-state index in [1.165, 1.54) is 23.1 Å². The minimum Gasteiger partial charge on any atom is -0.497 e. The van der Waals surface area contributed by atoms with Crippen molar-refractivity contribution in [3.05, 3.63) is 82.0 Å². The summed E-state index contributed by atoms with van der Waals surface area (Å²) in [5, 5.41) is 5.45. The number of ether oxygens (including phenoxy) is 1. The second-order valence-corrected chi connectivity index (χ2v) is 9.04. The first-order valence-corrected chi connectivity index (χ1v) is 11.5. The number of amides is 1. The molecule has 2 aromatic heterocycles. The van der Waals surface area contributed by atoms with E-state index in [2.05, 4.69) is 10.3 Å². The molecule has 8 heteroatoms. The minimum absolute atomic E-state index is 0.124. The first-order chi connectivity index (χ1) is 15.1. The maximum absolute atomic E-state index is 13.1. The van der Waals surface area contributed by atoms with Crippen molar-refractivity contribution in [1.29, 1.82) is 0 Å². The number of aromatic nitrogens is 2. The fourth-order valence-corrected chi connectivity index (χ4v) is 4.82. The molecule has 158 valence electrons. The molecule has 0 aliphatic heterocycles. The number of para-hydroxylation sites is 1. The Hall–Kier alpha value is -3.10. The van der Waals surface area contributed by atoms with Gasteiger partial charge in [0, 0.05) is 6.54 Å². The van der Waals surface area contributed by atoms with Crippen molar-refractivity contribution in [2.45, 2.75) is 23.9 Å². The molecule has 31 heavy (non-hydrogen) atoms. The van der Waals surface area contributed by atoms with Crippen molar-refractivity contribution in [2.75, 3.05) is 7.11 Å². The first-order valence-electron chi connectivity index (χ1n) is 9.70. The maximum Gasteiger partial charge on any atom is 0.267 e. The number of fused-ring (bicyclic) bond motifs is 1. The largest absolute Gasteiger partial charge is 0.497 e. The van der Waals surface area contributed by atoms with E-state index in [1.54, 1.807) is 17.7 Å². The van der Waals surface area contributed by atoms with Crippen molar-refractivity contribution >= 4 is 39.2 Å². The van der Waals surface area contributed by atoms with E-state index in [0.717, 1.165) is 17.0 Å². The molecular weight excluding hydrogens is 430 g/mol. The van der Waals surface area contributed by atoms with Crippen LogP contribution in [0.25, 0.3) is 15.9 Å². The standard InChI is InChI=1S/C23H21N3O3S2/c1-15(20(27)24-14-16-8-10-18(29-2)11-9-16)31-23-25-21-19(12-13-30-21)22(28)26(23)17-6-4-3-5-7-17/h3-13,15H,14H2,1-2H3,(H,24,27). The minimum atomic E-state index is -0.433. The number of thioether (sulfide) groups is 1. The molecule has 2 heterocycles. The van der Waals surface area contributed by atoms with Crippen molar-refractivity contribution in [3.63, 3.8) is 0 Å². The van der Waals surface area contributed by atoms with Gasteiger partial charge in [0.1, 0.15) is 10.6 Å². The maximum atomic E-state index is 13.1. The van der Waals surface area contributed by atoms with Crippen LogP contribution in [0.1, 0.15) is 12.5 Å². The molecule has 0 spiro atoms. The highest BCUT2D eigenvalue weighted by molar-refractivity contribution is 8.00. The van der Waals surface area contributed by atoms with Crippen LogP contribution in [0.5, 0.6) is 5.75 Å². The van der Waals surface area contributed by atoms with Crippen LogP contribution in [0.3, 0.4) is 0 Å². The molecule has 0 saturated heterocycles. The van der Waals surface area contributed by atoms with Crippen LogP contribution in [-0.4, -0.2) is 27.8 Å². The lowest BCUT2D eigenvalue weighted by atomic mass is 10.2. The summed E-state index contributed by atoms with van der Waals surface area (Å²) in [7, 11) is 1.62. The Morgan fingerprint density at radius 2 is 1.90 bits per heavy atom. The fraction of sp³-hybridized carbons (Fsp3) is 0.174. The van der Waals surface area contributed by atoms with E-state index in [-0.39, 0.29) is 11.5 Å². The quantitative estimate of drug-likeness (QED) is 0.336. The monoisotopic (exact) mass is 451 g/mol. The number of carbonyl (C=O) groups excluding carboxylic acids is 1. The van der Waals surface area contributed by atoms with Crippen LogP contribution in [0, 0.1) is 0 Å². The Morgan fingerprint density at radius 1 is 1.16 bits per heavy atom. The molecule has 4 aromatic rings. The summed E-state index contributed by atoms with van der Waals surface area (Å²) >= 11 is 2.69. The second kappa shape index (κ2) is 9.36. The number of hydrogen-bond acceptors (Lipinski definition) is 6. The van der Waals surface area contributed by atoms with Crippen LogP contribution in [0.4, 0.5) is 0 Å². The van der Waals surface area contributed by atoms with Crippen LogP contribution in [-0.2, 0) is 11.3 Å². The fourth-order valence-electron chi connectivity index (χ4n) is 3.07. The van der Waals surface area contributed by atoms with Gasteiger partial charge in [-0.25, -0.2) is 4.98 Å². The normalized spacial score (nSPS) is 11.9. The Kier molecular flexibility index (Phi) is 6.39. The van der Waals surface area contributed by atoms with E-state index in [1.807, 2.05) is 66.9 Å². The van der Waals surface area contributed by atoms with Gasteiger partial charge in [-0.1, -0.05) is 42.1 Å². The van der Waals surface area contributed by atoms with Gasteiger partial charge in [0.05, 0.1) is 23.4 Å². The van der Waals surface area contributed by atoms with Gasteiger partial charge in [-0.3, -0.25) is 14.2 Å². The van der Waals surface area contributed by atoms with E-state index < -0.39 is 5.25 Å². The molecule has 0 radical (unpaired) electrons. The van der Waals surface area contributed by atoms with Gasteiger partial charge >= 0.3 is 0 Å². The van der Waals surface area contributed by atoms with Crippen LogP contribution < -0.4 is 15.6 Å². The van der Waals surface area contributed by atoms with E-state index in [4.69, 9.17) is 4.74 Å². The van der Waals surface area contributed by atoms with Gasteiger partial charge in [0.2, 0.25) is 5.91 Å². The van der Waals surface area contributed by atoms with E-state index in [0.29, 0.717) is 21.9 Å². The summed E-state index contributed by atoms with van der Waals surface area (Å²) in [6.07, 6.45) is 0. The smallest absolute Gasteiger partial charge is 0.267 e. The van der Waals surface area contributed by atoms with Gasteiger partial charge < -0.3 is 10.1 Å². The number of nitrogens with one attached hydrogen (secondary N) is 1. The molecule has 2 aromatic carbocycles. The molecule has 0 aliphatic carbocycles. The number of rotatable bonds is 7. The Bertz CT molecular complexity index is 1250. The second-order valence-electron chi connectivity index (χ2n) is 6.84. The molecule has 4 rings (SSSR count). The third-order valence-corrected chi connectivity index (χ3v) is 6.62. The van der Waals surface area contributed by atoms with Crippen molar-refractivity contribution in [2.24, 2.45) is 0 Å². The summed E-state index contributed by atoms with van der Waals surface area (Å²) in [4.78, 5) is 31.2. The molecule has 0 saturated carbocycles. The van der Waals surface area contributed by atoms with Crippen molar-refractivity contribution in [1.82, 2.24) is 14.9 Å². The molecule has 0 fully saturated rings. The number of nitrogens with zero attached hydrogens (tertiary/aromatic N) is 2. The summed E-state index contributed by atoms with van der Waals surface area (Å²) in [5.41, 5.74) is 1.57. The van der Waals surface area contributed by atoms with Crippen LogP contribution in [0.2, 0.25) is 0 Å². The number of methoxy groups -OCH3 is 1. The molecule has 1 N–H and O–H groups in total. The topological polar surface area (TPSA) is 73.2 Å². The van der Waals surface area contributed by atoms with Crippen LogP contribution in [0.15, 0.2) is 76.0 Å². The highest BCUT2D eigenvalue weighted by Crippen LogP contribution is 2.26. The average molecular weight is 452 g/mol. The number of benzene rings is 2. The number of hydrogen-bond donors (Lipinski definition) is 1. The summed E-state index contributed by atoms with van der Waals surface area (Å²) in [5.74, 6) is 0.647. The lowest BCUT2D eigenvalue weighted by Crippen LogP contribution is -2.31. The number of carbonyl (C=O) groups is 1. The van der Waals surface area contributed by atoms with E-state index >= 15 is 0 Å². The Labute approximate surface area is 187 Å². The summed E-state index contributed by atoms with van der Waals surface area (Å²) in [6.45, 7) is 2.23. The van der Waals surface area contributed by atoms with E-state index in [9.17, 15) is 9.59 Å². The Morgan fingerprint density at radius 3 is 2.61 bits per heavy atom. The predicted octanol–water partition coefficient (Wildman–Crippen LogP) is 4.25. The molecule has 0 bridgehead atoms. The molecule has 1 amide bonds. The molecule has 1 unspecified atom stereocenters. The highest BCUT2D eigenvalue weighted by Gasteiger charge is 2.20. The molecule has 0 aliphatic rings. The van der Waals surface area contributed by atoms with Gasteiger partial charge in [-0.2, -0.15) is 0 Å². The van der Waals surface area contributed by atoms with Crippen molar-refractivity contribution < 1.29 is 9.53 Å². The van der Waals surface area contributed by atoms with Gasteiger partial charge in [0.25, 0.3) is 5.56 Å². The zero-order valence-electron chi connectivity index (χ0n) is 17.1. The van der Waals surface area contributed by atoms with Crippen LogP contribution >= 0.6 is 23.1 Å². The van der Waals surface area contributed by atoms with Gasteiger partial charge in [-0.05, 0) is 48.2 Å². The van der Waals surface area contributed by atoms with Gasteiger partial charge in [-0.15, -0.1) is 11.3 Å². The predicted molar refractivity (Wildman–Crippen MR) is 125 cm³/mol. The third kappa shape index (κ3) is 4.65. The summed E-state index contributed by atoms with van der Waals surface area (Å²) < 4.78 is 6.73. The lowest BCUT2D eigenvalue weighted by Gasteiger charge is -2.16. The molecular formula is C23H21N3O3S2. The highest BCUT2D eigenvalue weighted by atomic mass is 32.2. The molecule has 6 nitrogen and oxygen atoms in total. The lowest BCUT2D eigenvalue weighted by molar-refractivity contribution is -0.120. The third-order valence-electron chi connectivity index (χ3n) is 4.76. The summed E-state index contributed by atoms with van der Waals surface area (Å²) in [6, 6.07) is 18.7. The van der Waals surface area contributed by atoms with Crippen molar-refractivity contribution in [3.8, 4) is 11.4 Å². The Balaban J connectivity index is 1.55. The zero-order chi connectivity index (χ0) is 21.8. The van der Waals surface area contributed by atoms with Gasteiger partial charge in [0.15, 0.2) is 5.16 Å². The zero-order valence-corrected chi connectivity index (χ0v) is 18.7. The first kappa shape index (κ1) is 21.1.